The number of hydrogen-bond donors (Lipinski definition) is 2. The Morgan fingerprint density at radius 2 is 1.85 bits per heavy atom. The third-order valence-corrected chi connectivity index (χ3v) is 3.97. The number of nitrogens with one attached hydrogen (secondary N) is 1. The maximum absolute atomic E-state index is 8.96. The number of anilines is 1. The van der Waals surface area contributed by atoms with Crippen molar-refractivity contribution in [2.24, 2.45) is 4.99 Å². The molecule has 0 aliphatic carbocycles. The second kappa shape index (κ2) is 6.24. The van der Waals surface area contributed by atoms with Gasteiger partial charge in [-0.3, -0.25) is 9.89 Å². The number of nitrogens with zero attached hydrogens (tertiary/aromatic N) is 3. The topological polar surface area (TPSA) is 51.1 Å². The predicted octanol–water partition coefficient (Wildman–Crippen LogP) is 0.151. The molecule has 2 aliphatic rings. The molecule has 0 atom stereocenters. The molecule has 0 bridgehead atoms. The van der Waals surface area contributed by atoms with Crippen LogP contribution in [0.25, 0.3) is 0 Å². The van der Waals surface area contributed by atoms with E-state index in [1.807, 2.05) is 0 Å². The van der Waals surface area contributed by atoms with Gasteiger partial charge in [-0.2, -0.15) is 0 Å². The molecule has 1 aromatic carbocycles. The van der Waals surface area contributed by atoms with Gasteiger partial charge in [-0.1, -0.05) is 0 Å². The second-order valence-electron chi connectivity index (χ2n) is 5.26. The molecule has 3 rings (SSSR count). The average Bonchev–Trinajstić information content (AvgIpc) is 3.03. The normalized spacial score (nSPS) is 19.9. The first kappa shape index (κ1) is 13.4. The van der Waals surface area contributed by atoms with Crippen LogP contribution in [0.3, 0.4) is 0 Å². The van der Waals surface area contributed by atoms with Crippen LogP contribution < -0.4 is 10.2 Å². The zero-order valence-corrected chi connectivity index (χ0v) is 11.8. The lowest BCUT2D eigenvalue weighted by atomic mass is 10.1. The first-order valence-electron chi connectivity index (χ1n) is 7.34. The molecule has 0 amide bonds. The number of β-amino-alcohol motifs (C(OH)–C–C–N with tert-alkyl or cyclic N) is 1. The summed E-state index contributed by atoms with van der Waals surface area (Å²) in [7, 11) is 0. The molecule has 0 saturated carbocycles. The van der Waals surface area contributed by atoms with Crippen LogP contribution >= 0.6 is 0 Å². The highest BCUT2D eigenvalue weighted by Crippen LogP contribution is 2.17. The molecule has 1 saturated heterocycles. The van der Waals surface area contributed by atoms with Gasteiger partial charge in [0.15, 0.2) is 0 Å². The van der Waals surface area contributed by atoms with Crippen molar-refractivity contribution in [3.63, 3.8) is 0 Å². The zero-order valence-electron chi connectivity index (χ0n) is 11.8. The summed E-state index contributed by atoms with van der Waals surface area (Å²) < 4.78 is 0. The molecular weight excluding hydrogens is 252 g/mol. The number of rotatable bonds is 4. The molecular formula is C15H22N4O. The van der Waals surface area contributed by atoms with Crippen molar-refractivity contribution in [2.45, 2.75) is 0 Å². The molecule has 0 radical (unpaired) electrons. The van der Waals surface area contributed by atoms with Crippen LogP contribution in [0.4, 0.5) is 5.69 Å². The van der Waals surface area contributed by atoms with Crippen molar-refractivity contribution in [2.75, 3.05) is 57.3 Å². The minimum atomic E-state index is 0.254. The number of piperazine rings is 1. The maximum Gasteiger partial charge on any atom is 0.128 e. The summed E-state index contributed by atoms with van der Waals surface area (Å²) in [5.41, 5.74) is 2.45. The highest BCUT2D eigenvalue weighted by atomic mass is 16.3. The van der Waals surface area contributed by atoms with Crippen molar-refractivity contribution in [1.82, 2.24) is 10.2 Å². The lowest BCUT2D eigenvalue weighted by Crippen LogP contribution is -2.47. The lowest BCUT2D eigenvalue weighted by molar-refractivity contribution is 0.189. The predicted molar refractivity (Wildman–Crippen MR) is 81.6 cm³/mol. The Hall–Kier alpha value is -1.59. The molecule has 20 heavy (non-hydrogen) atoms. The van der Waals surface area contributed by atoms with E-state index in [2.05, 4.69) is 44.4 Å². The van der Waals surface area contributed by atoms with Gasteiger partial charge in [-0.05, 0) is 24.3 Å². The summed E-state index contributed by atoms with van der Waals surface area (Å²) in [4.78, 5) is 9.15. The monoisotopic (exact) mass is 274 g/mol. The molecule has 5 nitrogen and oxygen atoms in total. The van der Waals surface area contributed by atoms with E-state index >= 15 is 0 Å². The summed E-state index contributed by atoms with van der Waals surface area (Å²) in [6.45, 7) is 6.97. The van der Waals surface area contributed by atoms with Gasteiger partial charge in [0, 0.05) is 50.5 Å². The van der Waals surface area contributed by atoms with Crippen molar-refractivity contribution in [3.8, 4) is 0 Å². The van der Waals surface area contributed by atoms with Crippen LogP contribution in [0.1, 0.15) is 5.56 Å². The van der Waals surface area contributed by atoms with E-state index < -0.39 is 0 Å². The summed E-state index contributed by atoms with van der Waals surface area (Å²) >= 11 is 0. The van der Waals surface area contributed by atoms with Crippen LogP contribution in [-0.4, -0.2) is 68.3 Å². The van der Waals surface area contributed by atoms with Gasteiger partial charge in [-0.15, -0.1) is 0 Å². The van der Waals surface area contributed by atoms with Crippen molar-refractivity contribution in [3.05, 3.63) is 29.8 Å². The number of benzene rings is 1. The molecule has 0 spiro atoms. The van der Waals surface area contributed by atoms with E-state index in [1.165, 1.54) is 11.3 Å². The Balaban J connectivity index is 1.61. The van der Waals surface area contributed by atoms with Gasteiger partial charge in [0.25, 0.3) is 0 Å². The minimum absolute atomic E-state index is 0.254. The molecule has 1 fully saturated rings. The maximum atomic E-state index is 8.96. The number of amidine groups is 1. The smallest absolute Gasteiger partial charge is 0.128 e. The fourth-order valence-electron chi connectivity index (χ4n) is 2.79. The summed E-state index contributed by atoms with van der Waals surface area (Å²) in [5.74, 6) is 1.02. The largest absolute Gasteiger partial charge is 0.395 e. The first-order valence-corrected chi connectivity index (χ1v) is 7.34. The van der Waals surface area contributed by atoms with Gasteiger partial charge in [-0.25, -0.2) is 0 Å². The third-order valence-electron chi connectivity index (χ3n) is 3.97. The van der Waals surface area contributed by atoms with Crippen LogP contribution in [0.2, 0.25) is 0 Å². The van der Waals surface area contributed by atoms with E-state index in [1.54, 1.807) is 0 Å². The molecule has 1 aromatic rings. The van der Waals surface area contributed by atoms with Crippen molar-refractivity contribution in [1.29, 1.82) is 0 Å². The summed E-state index contributed by atoms with van der Waals surface area (Å²) in [6, 6.07) is 8.65. The second-order valence-corrected chi connectivity index (χ2v) is 5.26. The van der Waals surface area contributed by atoms with Crippen LogP contribution in [0, 0.1) is 0 Å². The summed E-state index contributed by atoms with van der Waals surface area (Å²) in [5, 5.41) is 12.3. The van der Waals surface area contributed by atoms with Crippen LogP contribution in [0.5, 0.6) is 0 Å². The molecule has 108 valence electrons. The fourth-order valence-corrected chi connectivity index (χ4v) is 2.79. The minimum Gasteiger partial charge on any atom is -0.395 e. The fraction of sp³-hybridized carbons (Fsp3) is 0.533. The van der Waals surface area contributed by atoms with E-state index in [4.69, 9.17) is 5.11 Å². The Bertz CT molecular complexity index is 463. The van der Waals surface area contributed by atoms with E-state index in [9.17, 15) is 0 Å². The van der Waals surface area contributed by atoms with Crippen molar-refractivity contribution < 1.29 is 5.11 Å². The number of aliphatic hydroxyl groups excluding tert-OH is 1. The van der Waals surface area contributed by atoms with Gasteiger partial charge in [0.05, 0.1) is 13.2 Å². The van der Waals surface area contributed by atoms with E-state index in [0.29, 0.717) is 0 Å². The first-order chi connectivity index (χ1) is 9.86. The SMILES string of the molecule is OCCN1CCN(c2ccc(C3=NCCN3)cc2)CC1. The van der Waals surface area contributed by atoms with Gasteiger partial charge >= 0.3 is 0 Å². The third kappa shape index (κ3) is 2.94. The van der Waals surface area contributed by atoms with Gasteiger partial charge in [0.2, 0.25) is 0 Å². The number of hydrogen-bond acceptors (Lipinski definition) is 5. The lowest BCUT2D eigenvalue weighted by Gasteiger charge is -2.35. The zero-order chi connectivity index (χ0) is 13.8. The Morgan fingerprint density at radius 1 is 1.10 bits per heavy atom. The van der Waals surface area contributed by atoms with Crippen LogP contribution in [-0.2, 0) is 0 Å². The molecule has 2 N–H and O–H groups in total. The molecule has 2 aliphatic heterocycles. The molecule has 0 aromatic heterocycles. The Kier molecular flexibility index (Phi) is 4.18. The number of aliphatic imine (C=N–C) groups is 1. The van der Waals surface area contributed by atoms with Gasteiger partial charge in [0.1, 0.15) is 5.84 Å². The number of aliphatic hydroxyl groups is 1. The Morgan fingerprint density at radius 3 is 2.45 bits per heavy atom. The molecule has 2 heterocycles. The highest BCUT2D eigenvalue weighted by Gasteiger charge is 2.17. The van der Waals surface area contributed by atoms with Gasteiger partial charge < -0.3 is 15.3 Å². The van der Waals surface area contributed by atoms with Crippen LogP contribution in [0.15, 0.2) is 29.3 Å². The highest BCUT2D eigenvalue weighted by molar-refractivity contribution is 5.99. The van der Waals surface area contributed by atoms with E-state index in [-0.39, 0.29) is 6.61 Å². The standard InChI is InChI=1S/C15H22N4O/c20-12-11-18-7-9-19(10-8-18)14-3-1-13(2-4-14)15-16-5-6-17-15/h1-4,20H,5-12H2,(H,16,17). The average molecular weight is 274 g/mol. The van der Waals surface area contributed by atoms with Crippen molar-refractivity contribution >= 4 is 11.5 Å². The Labute approximate surface area is 119 Å². The quantitative estimate of drug-likeness (QED) is 0.821. The summed E-state index contributed by atoms with van der Waals surface area (Å²) in [6.07, 6.45) is 0. The van der Waals surface area contributed by atoms with E-state index in [0.717, 1.165) is 51.6 Å². The molecule has 0 unspecified atom stereocenters. The molecule has 5 heteroatoms.